The number of amides is 4. The maximum absolute atomic E-state index is 14.5. The highest BCUT2D eigenvalue weighted by atomic mass is 16.5. The van der Waals surface area contributed by atoms with Crippen molar-refractivity contribution >= 4 is 17.8 Å². The zero-order chi connectivity index (χ0) is 29.4. The minimum absolute atomic E-state index is 0.00405. The van der Waals surface area contributed by atoms with Crippen LogP contribution in [0.4, 0.5) is 4.79 Å². The summed E-state index contributed by atoms with van der Waals surface area (Å²) in [5, 5.41) is 2.50. The lowest BCUT2D eigenvalue weighted by atomic mass is 9.75. The van der Waals surface area contributed by atoms with Crippen molar-refractivity contribution in [3.05, 3.63) is 93.9 Å². The molecule has 0 unspecified atom stereocenters. The molecule has 10 nitrogen and oxygen atoms in total. The monoisotopic (exact) mass is 570 g/mol. The van der Waals surface area contributed by atoms with Crippen molar-refractivity contribution in [3.63, 3.8) is 0 Å². The maximum Gasteiger partial charge on any atom is 0.331 e. The first-order chi connectivity index (χ1) is 20.3. The summed E-state index contributed by atoms with van der Waals surface area (Å²) >= 11 is 0. The Labute approximate surface area is 243 Å². The fourth-order valence-electron chi connectivity index (χ4n) is 6.82. The Morgan fingerprint density at radius 3 is 2.48 bits per heavy atom. The van der Waals surface area contributed by atoms with Gasteiger partial charge in [-0.05, 0) is 35.6 Å². The molecule has 2 aromatic carbocycles. The fourth-order valence-corrected chi connectivity index (χ4v) is 6.82. The summed E-state index contributed by atoms with van der Waals surface area (Å²) in [6.45, 7) is 1.98. The number of fused-ring (bicyclic) bond motifs is 4. The van der Waals surface area contributed by atoms with E-state index in [9.17, 15) is 19.2 Å². The number of barbiturate groups is 1. The number of nitrogens with one attached hydrogen (secondary N) is 1. The summed E-state index contributed by atoms with van der Waals surface area (Å²) in [5.74, 6) is 0.222. The third-order valence-corrected chi connectivity index (χ3v) is 8.77. The van der Waals surface area contributed by atoms with E-state index in [1.807, 2.05) is 41.0 Å². The molecule has 1 N–H and O–H groups in total. The number of imide groups is 2. The lowest BCUT2D eigenvalue weighted by Gasteiger charge is -2.47. The van der Waals surface area contributed by atoms with Gasteiger partial charge in [0.1, 0.15) is 16.9 Å². The summed E-state index contributed by atoms with van der Waals surface area (Å²) in [6, 6.07) is 19.2. The highest BCUT2D eigenvalue weighted by Crippen LogP contribution is 2.40. The maximum atomic E-state index is 14.5. The van der Waals surface area contributed by atoms with Crippen LogP contribution >= 0.6 is 0 Å². The number of benzene rings is 2. The summed E-state index contributed by atoms with van der Waals surface area (Å²) in [6.07, 6.45) is 0.975. The molecule has 0 radical (unpaired) electrons. The number of nitrogens with zero attached hydrogens (tertiary/aromatic N) is 3. The quantitative estimate of drug-likeness (QED) is 0.415. The van der Waals surface area contributed by atoms with E-state index < -0.39 is 23.3 Å². The third kappa shape index (κ3) is 4.96. The van der Waals surface area contributed by atoms with Crippen LogP contribution in [-0.2, 0) is 29.1 Å². The van der Waals surface area contributed by atoms with Crippen molar-refractivity contribution in [1.82, 2.24) is 19.7 Å². The fraction of sp³-hybridized carbons (Fsp3) is 0.375. The Balaban J connectivity index is 1.38. The van der Waals surface area contributed by atoms with Gasteiger partial charge in [-0.15, -0.1) is 0 Å². The van der Waals surface area contributed by atoms with Crippen molar-refractivity contribution in [1.29, 1.82) is 0 Å². The Kier molecular flexibility index (Phi) is 7.32. The van der Waals surface area contributed by atoms with Gasteiger partial charge in [-0.1, -0.05) is 42.5 Å². The smallest absolute Gasteiger partial charge is 0.331 e. The van der Waals surface area contributed by atoms with Crippen molar-refractivity contribution in [2.75, 3.05) is 33.9 Å². The van der Waals surface area contributed by atoms with Gasteiger partial charge in [0.2, 0.25) is 11.8 Å². The standard InChI is InChI=1S/C32H34N4O6/c1-41-25-12-11-23(27(14-25)42-2)15-32(29(38)33-31(40)36(30(32)39)17-21-7-4-3-5-8-21)20-34-16-22-13-24(19-34)26-9-6-10-28(37)35(26)18-22/h3-12,14,22,24H,13,15-20H2,1-2H3,(H,33,38,40)/t22-,24+,32+/m1/s1. The zero-order valence-electron chi connectivity index (χ0n) is 23.7. The number of urea groups is 1. The number of piperidine rings is 1. The Morgan fingerprint density at radius 2 is 1.71 bits per heavy atom. The van der Waals surface area contributed by atoms with E-state index in [1.54, 1.807) is 37.4 Å². The molecule has 218 valence electrons. The van der Waals surface area contributed by atoms with Gasteiger partial charge < -0.3 is 18.9 Å². The Morgan fingerprint density at radius 1 is 0.905 bits per heavy atom. The van der Waals surface area contributed by atoms with Crippen molar-refractivity contribution < 1.29 is 23.9 Å². The van der Waals surface area contributed by atoms with Crippen LogP contribution in [0.2, 0.25) is 0 Å². The normalized spacial score (nSPS) is 23.8. The van der Waals surface area contributed by atoms with Crippen molar-refractivity contribution in [2.24, 2.45) is 11.3 Å². The third-order valence-electron chi connectivity index (χ3n) is 8.77. The van der Waals surface area contributed by atoms with Gasteiger partial charge in [0, 0.05) is 56.3 Å². The molecule has 0 aliphatic carbocycles. The number of methoxy groups -OCH3 is 2. The Bertz CT molecular complexity index is 1590. The van der Waals surface area contributed by atoms with E-state index >= 15 is 0 Å². The van der Waals surface area contributed by atoms with E-state index in [0.29, 0.717) is 36.7 Å². The predicted octanol–water partition coefficient (Wildman–Crippen LogP) is 2.79. The van der Waals surface area contributed by atoms with Crippen LogP contribution in [0.3, 0.4) is 0 Å². The SMILES string of the molecule is COc1ccc(C[C@]2(CN3C[C@H]4C[C@@H](C3)c3cccc(=O)n3C4)C(=O)NC(=O)N(Cc3ccccc3)C2=O)c(OC)c1. The average Bonchev–Trinajstić information content (AvgIpc) is 2.99. The van der Waals surface area contributed by atoms with Crippen LogP contribution in [0.5, 0.6) is 11.5 Å². The zero-order valence-corrected chi connectivity index (χ0v) is 23.7. The number of ether oxygens (including phenoxy) is 2. The highest BCUT2D eigenvalue weighted by Gasteiger charge is 2.55. The van der Waals surface area contributed by atoms with Crippen LogP contribution in [-0.4, -0.2) is 66.1 Å². The molecule has 6 rings (SSSR count). The van der Waals surface area contributed by atoms with Crippen LogP contribution in [0.25, 0.3) is 0 Å². The van der Waals surface area contributed by atoms with Crippen LogP contribution in [0.1, 0.15) is 29.2 Å². The number of aromatic nitrogens is 1. The minimum atomic E-state index is -1.59. The second-order valence-electron chi connectivity index (χ2n) is 11.5. The molecule has 0 saturated carbocycles. The average molecular weight is 571 g/mol. The molecule has 3 atom stereocenters. The topological polar surface area (TPSA) is 110 Å². The number of carbonyl (C=O) groups is 3. The molecule has 2 saturated heterocycles. The van der Waals surface area contributed by atoms with Gasteiger partial charge in [-0.2, -0.15) is 0 Å². The van der Waals surface area contributed by atoms with Gasteiger partial charge in [-0.25, -0.2) is 4.79 Å². The summed E-state index contributed by atoms with van der Waals surface area (Å²) in [7, 11) is 3.09. The number of likely N-dealkylation sites (tertiary alicyclic amines) is 1. The second kappa shape index (κ2) is 11.1. The van der Waals surface area contributed by atoms with Gasteiger partial charge in [-0.3, -0.25) is 24.6 Å². The highest BCUT2D eigenvalue weighted by molar-refractivity contribution is 6.19. The molecule has 4 heterocycles. The van der Waals surface area contributed by atoms with Gasteiger partial charge in [0.25, 0.3) is 5.56 Å². The van der Waals surface area contributed by atoms with Crippen LogP contribution in [0, 0.1) is 11.3 Å². The first-order valence-electron chi connectivity index (χ1n) is 14.2. The van der Waals surface area contributed by atoms with E-state index in [2.05, 4.69) is 10.2 Å². The number of hydrogen-bond donors (Lipinski definition) is 1. The first-order valence-corrected chi connectivity index (χ1v) is 14.2. The van der Waals surface area contributed by atoms with E-state index in [0.717, 1.165) is 22.6 Å². The van der Waals surface area contributed by atoms with E-state index in [-0.39, 0.29) is 36.9 Å². The van der Waals surface area contributed by atoms with Gasteiger partial charge in [0.15, 0.2) is 0 Å². The molecule has 3 aromatic rings. The molecule has 2 bridgehead atoms. The van der Waals surface area contributed by atoms with Crippen molar-refractivity contribution in [3.8, 4) is 11.5 Å². The van der Waals surface area contributed by atoms with E-state index in [1.165, 1.54) is 7.11 Å². The summed E-state index contributed by atoms with van der Waals surface area (Å²) < 4.78 is 12.8. The van der Waals surface area contributed by atoms with Crippen molar-refractivity contribution in [2.45, 2.75) is 31.8 Å². The summed E-state index contributed by atoms with van der Waals surface area (Å²) in [5.41, 5.74) is 0.822. The Hall–Kier alpha value is -4.44. The molecule has 4 amide bonds. The molecule has 1 aromatic heterocycles. The first kappa shape index (κ1) is 27.7. The predicted molar refractivity (Wildman–Crippen MR) is 154 cm³/mol. The van der Waals surface area contributed by atoms with Gasteiger partial charge in [0.05, 0.1) is 20.8 Å². The molecule has 3 aliphatic rings. The molecule has 0 spiro atoms. The number of pyridine rings is 1. The minimum Gasteiger partial charge on any atom is -0.497 e. The largest absolute Gasteiger partial charge is 0.497 e. The van der Waals surface area contributed by atoms with E-state index in [4.69, 9.17) is 9.47 Å². The second-order valence-corrected chi connectivity index (χ2v) is 11.5. The number of carbonyl (C=O) groups excluding carboxylic acids is 3. The molecule has 42 heavy (non-hydrogen) atoms. The number of hydrogen-bond acceptors (Lipinski definition) is 7. The lowest BCUT2D eigenvalue weighted by Crippen LogP contribution is -2.67. The summed E-state index contributed by atoms with van der Waals surface area (Å²) in [4.78, 5) is 57.3. The number of rotatable bonds is 8. The molecular weight excluding hydrogens is 536 g/mol. The molecule has 3 aliphatic heterocycles. The lowest BCUT2D eigenvalue weighted by molar-refractivity contribution is -0.154. The van der Waals surface area contributed by atoms with Crippen LogP contribution < -0.4 is 20.3 Å². The van der Waals surface area contributed by atoms with Crippen LogP contribution in [0.15, 0.2) is 71.5 Å². The molecular formula is C32H34N4O6. The molecule has 2 fully saturated rings. The van der Waals surface area contributed by atoms with Gasteiger partial charge >= 0.3 is 6.03 Å². The molecule has 10 heteroatoms.